The maximum atomic E-state index is 12.9. The van der Waals surface area contributed by atoms with Crippen LogP contribution in [-0.2, 0) is 16.5 Å². The van der Waals surface area contributed by atoms with Crippen LogP contribution in [0.15, 0.2) is 43.0 Å². The van der Waals surface area contributed by atoms with Crippen molar-refractivity contribution in [3.8, 4) is 11.3 Å². The minimum atomic E-state index is -0.635. The molecule has 1 aliphatic heterocycles. The first kappa shape index (κ1) is 28.6. The summed E-state index contributed by atoms with van der Waals surface area (Å²) in [4.78, 5) is 47.5. The standard InChI is InChI=1S/C29H35N9O4/c1-29(2,3)42-28(40)38-12-10-37(11-13-38)19-9-7-8-18(14-19)33-26-24(27(39)41-6)34-23(25(30-4)35-26)20-15-31-16-21-22(20)32-17-36(21)5/h7-9,14-17H,10-13H2,1-6H3,(H2,30,33,35). The van der Waals surface area contributed by atoms with Crippen molar-refractivity contribution in [1.29, 1.82) is 0 Å². The minimum Gasteiger partial charge on any atom is -0.464 e. The Morgan fingerprint density at radius 2 is 1.79 bits per heavy atom. The van der Waals surface area contributed by atoms with Crippen molar-refractivity contribution >= 4 is 46.1 Å². The molecule has 42 heavy (non-hydrogen) atoms. The van der Waals surface area contributed by atoms with E-state index in [0.29, 0.717) is 54.5 Å². The van der Waals surface area contributed by atoms with Gasteiger partial charge in [0.2, 0.25) is 0 Å². The predicted molar refractivity (Wildman–Crippen MR) is 160 cm³/mol. The minimum absolute atomic E-state index is 0.0239. The number of pyridine rings is 1. The summed E-state index contributed by atoms with van der Waals surface area (Å²) in [5.41, 5.74) is 3.74. The van der Waals surface area contributed by atoms with Gasteiger partial charge in [0.1, 0.15) is 16.8 Å². The molecule has 0 atom stereocenters. The van der Waals surface area contributed by atoms with Crippen LogP contribution in [0.3, 0.4) is 0 Å². The summed E-state index contributed by atoms with van der Waals surface area (Å²) in [5.74, 6) is 0.0482. The van der Waals surface area contributed by atoms with Crippen LogP contribution in [0.1, 0.15) is 31.3 Å². The summed E-state index contributed by atoms with van der Waals surface area (Å²) in [5, 5.41) is 6.34. The second kappa shape index (κ2) is 11.5. The van der Waals surface area contributed by atoms with Gasteiger partial charge in [0.05, 0.1) is 30.7 Å². The van der Waals surface area contributed by atoms with E-state index in [1.54, 1.807) is 30.7 Å². The quantitative estimate of drug-likeness (QED) is 0.323. The van der Waals surface area contributed by atoms with Crippen molar-refractivity contribution in [3.63, 3.8) is 0 Å². The molecule has 0 radical (unpaired) electrons. The number of imidazole rings is 1. The lowest BCUT2D eigenvalue weighted by molar-refractivity contribution is 0.0240. The number of aryl methyl sites for hydroxylation is 1. The van der Waals surface area contributed by atoms with Gasteiger partial charge in [-0.2, -0.15) is 0 Å². The Kier molecular flexibility index (Phi) is 7.83. The van der Waals surface area contributed by atoms with Crippen molar-refractivity contribution < 1.29 is 19.1 Å². The topological polar surface area (TPSA) is 140 Å². The first-order valence-electron chi connectivity index (χ1n) is 13.6. The Hall–Kier alpha value is -4.94. The molecule has 4 heterocycles. The Bertz CT molecular complexity index is 1620. The van der Waals surface area contributed by atoms with E-state index in [1.165, 1.54) is 7.11 Å². The number of ether oxygens (including phenoxy) is 2. The normalized spacial score (nSPS) is 13.7. The Morgan fingerprint density at radius 3 is 2.48 bits per heavy atom. The third-order valence-corrected chi connectivity index (χ3v) is 6.81. The molecule has 5 rings (SSSR count). The second-order valence-electron chi connectivity index (χ2n) is 10.9. The molecule has 13 heteroatoms. The highest BCUT2D eigenvalue weighted by Crippen LogP contribution is 2.33. The second-order valence-corrected chi connectivity index (χ2v) is 10.9. The summed E-state index contributed by atoms with van der Waals surface area (Å²) in [6, 6.07) is 7.78. The number of hydrogen-bond donors (Lipinski definition) is 2. The van der Waals surface area contributed by atoms with Gasteiger partial charge in [-0.15, -0.1) is 0 Å². The van der Waals surface area contributed by atoms with Gasteiger partial charge in [-0.3, -0.25) is 4.98 Å². The number of nitrogens with zero attached hydrogens (tertiary/aromatic N) is 7. The highest BCUT2D eigenvalue weighted by molar-refractivity contribution is 5.98. The van der Waals surface area contributed by atoms with E-state index in [0.717, 1.165) is 11.2 Å². The van der Waals surface area contributed by atoms with Gasteiger partial charge in [0.25, 0.3) is 0 Å². The van der Waals surface area contributed by atoms with Crippen LogP contribution in [0.5, 0.6) is 0 Å². The zero-order chi connectivity index (χ0) is 30.0. The van der Waals surface area contributed by atoms with E-state index in [9.17, 15) is 9.59 Å². The van der Waals surface area contributed by atoms with Crippen LogP contribution in [0.4, 0.5) is 27.8 Å². The molecule has 1 fully saturated rings. The van der Waals surface area contributed by atoms with Crippen LogP contribution in [0.2, 0.25) is 0 Å². The van der Waals surface area contributed by atoms with E-state index >= 15 is 0 Å². The van der Waals surface area contributed by atoms with Gasteiger partial charge in [-0.1, -0.05) is 6.07 Å². The van der Waals surface area contributed by atoms with Gasteiger partial charge in [-0.05, 0) is 39.0 Å². The molecule has 4 aromatic rings. The average Bonchev–Trinajstić information content (AvgIpc) is 3.36. The molecule has 0 bridgehead atoms. The highest BCUT2D eigenvalue weighted by atomic mass is 16.6. The number of fused-ring (bicyclic) bond motifs is 1. The largest absolute Gasteiger partial charge is 0.464 e. The van der Waals surface area contributed by atoms with E-state index in [2.05, 4.69) is 25.5 Å². The molecule has 0 saturated carbocycles. The number of anilines is 4. The van der Waals surface area contributed by atoms with E-state index in [1.807, 2.05) is 56.7 Å². The fourth-order valence-electron chi connectivity index (χ4n) is 4.73. The molecule has 3 aromatic heterocycles. The zero-order valence-corrected chi connectivity index (χ0v) is 24.6. The number of hydrogen-bond acceptors (Lipinski definition) is 11. The maximum absolute atomic E-state index is 12.9. The summed E-state index contributed by atoms with van der Waals surface area (Å²) in [6.45, 7) is 8.00. The molecule has 1 aromatic carbocycles. The number of rotatable bonds is 6. The molecule has 1 aliphatic rings. The Labute approximate surface area is 243 Å². The molecule has 2 N–H and O–H groups in total. The number of piperazine rings is 1. The fourth-order valence-corrected chi connectivity index (χ4v) is 4.73. The number of aromatic nitrogens is 5. The van der Waals surface area contributed by atoms with E-state index in [4.69, 9.17) is 19.4 Å². The van der Waals surface area contributed by atoms with Crippen molar-refractivity contribution in [3.05, 3.63) is 48.7 Å². The predicted octanol–water partition coefficient (Wildman–Crippen LogP) is 4.05. The zero-order valence-electron chi connectivity index (χ0n) is 24.6. The third-order valence-electron chi connectivity index (χ3n) is 6.81. The lowest BCUT2D eigenvalue weighted by Gasteiger charge is -2.36. The monoisotopic (exact) mass is 573 g/mol. The summed E-state index contributed by atoms with van der Waals surface area (Å²) < 4.78 is 12.4. The van der Waals surface area contributed by atoms with Gasteiger partial charge in [0.15, 0.2) is 17.3 Å². The summed E-state index contributed by atoms with van der Waals surface area (Å²) in [6.07, 6.45) is 4.77. The van der Waals surface area contributed by atoms with Gasteiger partial charge >= 0.3 is 12.1 Å². The number of esters is 1. The highest BCUT2D eigenvalue weighted by Gasteiger charge is 2.27. The number of amides is 1. The average molecular weight is 574 g/mol. The number of carbonyl (C=O) groups excluding carboxylic acids is 2. The van der Waals surface area contributed by atoms with Crippen LogP contribution >= 0.6 is 0 Å². The molecule has 0 unspecified atom stereocenters. The lowest BCUT2D eigenvalue weighted by Crippen LogP contribution is -2.50. The number of benzene rings is 1. The molecule has 1 amide bonds. The molecule has 1 saturated heterocycles. The number of carbonyl (C=O) groups is 2. The van der Waals surface area contributed by atoms with Crippen LogP contribution in [0.25, 0.3) is 22.3 Å². The first-order chi connectivity index (χ1) is 20.1. The molecular formula is C29H35N9O4. The van der Waals surface area contributed by atoms with Crippen molar-refractivity contribution in [2.45, 2.75) is 26.4 Å². The molecule has 220 valence electrons. The number of nitrogens with one attached hydrogen (secondary N) is 2. The van der Waals surface area contributed by atoms with Gasteiger partial charge in [0, 0.05) is 57.8 Å². The van der Waals surface area contributed by atoms with Crippen LogP contribution in [-0.4, -0.2) is 87.4 Å². The SMILES string of the molecule is CNc1nc(Nc2cccc(N3CCN(C(=O)OC(C)(C)C)CC3)c2)c(C(=O)OC)nc1-c1cncc2c1ncn2C. The summed E-state index contributed by atoms with van der Waals surface area (Å²) in [7, 11) is 4.92. The van der Waals surface area contributed by atoms with E-state index in [-0.39, 0.29) is 17.6 Å². The maximum Gasteiger partial charge on any atom is 0.410 e. The van der Waals surface area contributed by atoms with Gasteiger partial charge in [-0.25, -0.2) is 24.5 Å². The third kappa shape index (κ3) is 5.90. The molecule has 0 aliphatic carbocycles. The molecule has 13 nitrogen and oxygen atoms in total. The van der Waals surface area contributed by atoms with Crippen molar-refractivity contribution in [2.75, 3.05) is 55.9 Å². The Balaban J connectivity index is 1.41. The van der Waals surface area contributed by atoms with Crippen LogP contribution in [0, 0.1) is 0 Å². The smallest absolute Gasteiger partial charge is 0.410 e. The van der Waals surface area contributed by atoms with Crippen LogP contribution < -0.4 is 15.5 Å². The molecular weight excluding hydrogens is 538 g/mol. The van der Waals surface area contributed by atoms with Gasteiger partial charge < -0.3 is 34.5 Å². The lowest BCUT2D eigenvalue weighted by atomic mass is 10.1. The summed E-state index contributed by atoms with van der Waals surface area (Å²) >= 11 is 0. The first-order valence-corrected chi connectivity index (χ1v) is 13.6. The van der Waals surface area contributed by atoms with E-state index < -0.39 is 11.6 Å². The van der Waals surface area contributed by atoms with Crippen molar-refractivity contribution in [1.82, 2.24) is 29.4 Å². The molecule has 0 spiro atoms. The fraction of sp³-hybridized carbons (Fsp3) is 0.379. The van der Waals surface area contributed by atoms with Crippen molar-refractivity contribution in [2.24, 2.45) is 7.05 Å². The number of methoxy groups -OCH3 is 1. The Morgan fingerprint density at radius 1 is 1.02 bits per heavy atom.